The largest absolute Gasteiger partial charge is 0.497 e. The molecule has 1 aromatic carbocycles. The zero-order valence-corrected chi connectivity index (χ0v) is 13.8. The quantitative estimate of drug-likeness (QED) is 0.868. The zero-order chi connectivity index (χ0) is 15.1. The summed E-state index contributed by atoms with van der Waals surface area (Å²) in [5, 5.41) is 3.40. The average molecular weight is 290 g/mol. The molecule has 3 nitrogen and oxygen atoms in total. The van der Waals surface area contributed by atoms with E-state index in [1.54, 1.807) is 7.11 Å². The summed E-state index contributed by atoms with van der Waals surface area (Å²) in [6, 6.07) is 9.23. The average Bonchev–Trinajstić information content (AvgIpc) is 2.71. The number of benzene rings is 1. The predicted octanol–water partition coefficient (Wildman–Crippen LogP) is 3.47. The van der Waals surface area contributed by atoms with Crippen molar-refractivity contribution in [2.24, 2.45) is 5.92 Å². The summed E-state index contributed by atoms with van der Waals surface area (Å²) in [5.74, 6) is 1.64. The lowest BCUT2D eigenvalue weighted by molar-refractivity contribution is 0.154. The first-order valence-electron chi connectivity index (χ1n) is 8.32. The maximum atomic E-state index is 5.30. The van der Waals surface area contributed by atoms with Gasteiger partial charge in [0.25, 0.3) is 0 Å². The monoisotopic (exact) mass is 290 g/mol. The fourth-order valence-electron chi connectivity index (χ4n) is 3.61. The molecular weight excluding hydrogens is 260 g/mol. The van der Waals surface area contributed by atoms with Gasteiger partial charge in [-0.05, 0) is 69.6 Å². The Morgan fingerprint density at radius 3 is 2.62 bits per heavy atom. The van der Waals surface area contributed by atoms with Crippen molar-refractivity contribution in [1.82, 2.24) is 10.2 Å². The number of methoxy groups -OCH3 is 1. The van der Waals surface area contributed by atoms with E-state index < -0.39 is 0 Å². The van der Waals surface area contributed by atoms with Gasteiger partial charge in [0, 0.05) is 6.04 Å². The van der Waals surface area contributed by atoms with E-state index in [-0.39, 0.29) is 0 Å². The van der Waals surface area contributed by atoms with Crippen molar-refractivity contribution in [2.45, 2.75) is 38.6 Å². The van der Waals surface area contributed by atoms with E-state index in [0.29, 0.717) is 12.0 Å². The Labute approximate surface area is 129 Å². The van der Waals surface area contributed by atoms with E-state index in [1.807, 2.05) is 0 Å². The molecule has 0 radical (unpaired) electrons. The lowest BCUT2D eigenvalue weighted by Gasteiger charge is -2.35. The Kier molecular flexibility index (Phi) is 6.52. The van der Waals surface area contributed by atoms with Crippen LogP contribution in [0.4, 0.5) is 0 Å². The van der Waals surface area contributed by atoms with Crippen LogP contribution in [0.15, 0.2) is 24.3 Å². The first-order valence-corrected chi connectivity index (χ1v) is 8.32. The molecule has 0 saturated carbocycles. The number of ether oxygens (including phenoxy) is 1. The van der Waals surface area contributed by atoms with Gasteiger partial charge in [-0.1, -0.05) is 25.5 Å². The highest BCUT2D eigenvalue weighted by Gasteiger charge is 2.30. The van der Waals surface area contributed by atoms with Crippen LogP contribution in [0.3, 0.4) is 0 Å². The number of hydrogen-bond acceptors (Lipinski definition) is 3. The molecule has 2 unspecified atom stereocenters. The van der Waals surface area contributed by atoms with Gasteiger partial charge in [-0.3, -0.25) is 4.90 Å². The Morgan fingerprint density at radius 1 is 1.24 bits per heavy atom. The third kappa shape index (κ3) is 4.21. The third-order valence-electron chi connectivity index (χ3n) is 4.54. The number of hydrogen-bond donors (Lipinski definition) is 1. The van der Waals surface area contributed by atoms with Gasteiger partial charge in [-0.15, -0.1) is 0 Å². The van der Waals surface area contributed by atoms with Crippen LogP contribution >= 0.6 is 0 Å². The predicted molar refractivity (Wildman–Crippen MR) is 88.9 cm³/mol. The van der Waals surface area contributed by atoms with Crippen LogP contribution in [0.1, 0.15) is 44.2 Å². The van der Waals surface area contributed by atoms with Gasteiger partial charge in [0.15, 0.2) is 0 Å². The molecule has 1 N–H and O–H groups in total. The smallest absolute Gasteiger partial charge is 0.118 e. The van der Waals surface area contributed by atoms with E-state index in [4.69, 9.17) is 4.74 Å². The molecule has 1 aliphatic rings. The van der Waals surface area contributed by atoms with Crippen LogP contribution in [0.2, 0.25) is 0 Å². The summed E-state index contributed by atoms with van der Waals surface area (Å²) in [4.78, 5) is 2.69. The molecule has 1 saturated heterocycles. The van der Waals surface area contributed by atoms with Gasteiger partial charge < -0.3 is 10.1 Å². The van der Waals surface area contributed by atoms with Crippen molar-refractivity contribution >= 4 is 0 Å². The maximum absolute atomic E-state index is 5.30. The number of rotatable bonds is 6. The van der Waals surface area contributed by atoms with E-state index in [9.17, 15) is 0 Å². The first kappa shape index (κ1) is 16.3. The number of nitrogens with zero attached hydrogens (tertiary/aromatic N) is 1. The highest BCUT2D eigenvalue weighted by atomic mass is 16.5. The summed E-state index contributed by atoms with van der Waals surface area (Å²) in [6.45, 7) is 5.79. The normalized spacial score (nSPS) is 23.8. The van der Waals surface area contributed by atoms with Crippen LogP contribution in [-0.2, 0) is 0 Å². The molecule has 0 aromatic heterocycles. The van der Waals surface area contributed by atoms with Crippen molar-refractivity contribution < 1.29 is 4.74 Å². The molecule has 0 spiro atoms. The minimum atomic E-state index is 0.533. The second-order valence-electron chi connectivity index (χ2n) is 6.07. The molecule has 1 fully saturated rings. The van der Waals surface area contributed by atoms with Crippen LogP contribution < -0.4 is 10.1 Å². The minimum Gasteiger partial charge on any atom is -0.497 e. The molecule has 0 amide bonds. The molecule has 1 aliphatic heterocycles. The van der Waals surface area contributed by atoms with Crippen molar-refractivity contribution in [3.05, 3.63) is 29.8 Å². The summed E-state index contributed by atoms with van der Waals surface area (Å²) in [6.07, 6.45) is 5.21. The van der Waals surface area contributed by atoms with Gasteiger partial charge in [-0.25, -0.2) is 0 Å². The topological polar surface area (TPSA) is 24.5 Å². The van der Waals surface area contributed by atoms with Gasteiger partial charge in [0.05, 0.1) is 7.11 Å². The fourth-order valence-corrected chi connectivity index (χ4v) is 3.61. The summed E-state index contributed by atoms with van der Waals surface area (Å²) in [5.41, 5.74) is 1.44. The molecule has 21 heavy (non-hydrogen) atoms. The highest BCUT2D eigenvalue weighted by Crippen LogP contribution is 2.35. The highest BCUT2D eigenvalue weighted by molar-refractivity contribution is 5.29. The standard InChI is InChI=1S/C18H30N2O/c1-4-12-20-13-6-5-7-16(14-19-2)18(20)15-8-10-17(21-3)11-9-15/h8-11,16,18-19H,4-7,12-14H2,1-3H3. The number of nitrogens with one attached hydrogen (secondary N) is 1. The van der Waals surface area contributed by atoms with Crippen LogP contribution in [0.25, 0.3) is 0 Å². The molecule has 0 bridgehead atoms. The van der Waals surface area contributed by atoms with Crippen LogP contribution in [-0.4, -0.2) is 38.7 Å². The molecule has 3 heteroatoms. The second kappa shape index (κ2) is 8.40. The van der Waals surface area contributed by atoms with E-state index in [0.717, 1.165) is 12.3 Å². The van der Waals surface area contributed by atoms with Gasteiger partial charge in [-0.2, -0.15) is 0 Å². The van der Waals surface area contributed by atoms with Gasteiger partial charge in [0.2, 0.25) is 0 Å². The molecule has 2 rings (SSSR count). The van der Waals surface area contributed by atoms with Crippen LogP contribution in [0.5, 0.6) is 5.75 Å². The molecule has 1 aromatic rings. The maximum Gasteiger partial charge on any atom is 0.118 e. The van der Waals surface area contributed by atoms with Crippen molar-refractivity contribution in [3.8, 4) is 5.75 Å². The van der Waals surface area contributed by atoms with Gasteiger partial charge >= 0.3 is 0 Å². The molecular formula is C18H30N2O. The minimum absolute atomic E-state index is 0.533. The van der Waals surface area contributed by atoms with E-state index in [2.05, 4.69) is 48.5 Å². The lowest BCUT2D eigenvalue weighted by Crippen LogP contribution is -2.36. The molecule has 0 aliphatic carbocycles. The first-order chi connectivity index (χ1) is 10.3. The number of likely N-dealkylation sites (tertiary alicyclic amines) is 1. The Bertz CT molecular complexity index is 388. The Hall–Kier alpha value is -1.06. The summed E-state index contributed by atoms with van der Waals surface area (Å²) in [7, 11) is 3.80. The zero-order valence-electron chi connectivity index (χ0n) is 13.8. The molecule has 118 valence electrons. The van der Waals surface area contributed by atoms with Crippen molar-refractivity contribution in [1.29, 1.82) is 0 Å². The Balaban J connectivity index is 2.27. The molecule has 1 heterocycles. The molecule has 2 atom stereocenters. The SMILES string of the molecule is CCCN1CCCCC(CNC)C1c1ccc(OC)cc1. The van der Waals surface area contributed by atoms with Crippen molar-refractivity contribution in [2.75, 3.05) is 33.8 Å². The third-order valence-corrected chi connectivity index (χ3v) is 4.54. The summed E-state index contributed by atoms with van der Waals surface area (Å²) >= 11 is 0. The van der Waals surface area contributed by atoms with Crippen LogP contribution in [0, 0.1) is 5.92 Å². The van der Waals surface area contributed by atoms with Gasteiger partial charge in [0.1, 0.15) is 5.75 Å². The Morgan fingerprint density at radius 2 is 2.00 bits per heavy atom. The lowest BCUT2D eigenvalue weighted by atomic mass is 9.89. The fraction of sp³-hybridized carbons (Fsp3) is 0.667. The second-order valence-corrected chi connectivity index (χ2v) is 6.07. The van der Waals surface area contributed by atoms with Crippen molar-refractivity contribution in [3.63, 3.8) is 0 Å². The van der Waals surface area contributed by atoms with E-state index >= 15 is 0 Å². The summed E-state index contributed by atoms with van der Waals surface area (Å²) < 4.78 is 5.30. The van der Waals surface area contributed by atoms with E-state index in [1.165, 1.54) is 44.3 Å².